The third kappa shape index (κ3) is 4.42. The standard InChI is InChI=1S/C29H24ClFN4O3/c1-17-25(15-34-28(37)19-8-4-5-9-20(19)29(34)38)35(26(32-17)16-33(2)3)24-13-12-18(31)14-22(24)27(36)21-10-6-7-11-23(21)30/h4-14H,15-16H2,1-3H3. The molecule has 4 aromatic rings. The molecule has 0 saturated heterocycles. The Kier molecular flexibility index (Phi) is 6.69. The van der Waals surface area contributed by atoms with E-state index in [4.69, 9.17) is 16.6 Å². The minimum atomic E-state index is -0.586. The van der Waals surface area contributed by atoms with Crippen molar-refractivity contribution in [1.82, 2.24) is 19.4 Å². The third-order valence-electron chi connectivity index (χ3n) is 6.45. The number of nitrogens with zero attached hydrogens (tertiary/aromatic N) is 4. The highest BCUT2D eigenvalue weighted by molar-refractivity contribution is 6.35. The zero-order valence-electron chi connectivity index (χ0n) is 21.0. The zero-order chi connectivity index (χ0) is 27.1. The number of hydrogen-bond donors (Lipinski definition) is 0. The Hall–Kier alpha value is -4.14. The van der Waals surface area contributed by atoms with E-state index in [1.807, 2.05) is 19.0 Å². The monoisotopic (exact) mass is 530 g/mol. The van der Waals surface area contributed by atoms with Gasteiger partial charge in [-0.3, -0.25) is 23.9 Å². The van der Waals surface area contributed by atoms with Crippen LogP contribution in [0.2, 0.25) is 5.02 Å². The molecule has 0 fully saturated rings. The largest absolute Gasteiger partial charge is 0.302 e. The van der Waals surface area contributed by atoms with Gasteiger partial charge in [-0.25, -0.2) is 9.37 Å². The van der Waals surface area contributed by atoms with E-state index in [1.54, 1.807) is 60.0 Å². The Bertz CT molecular complexity index is 1580. The van der Waals surface area contributed by atoms with Crippen molar-refractivity contribution in [3.8, 4) is 5.69 Å². The maximum absolute atomic E-state index is 14.5. The number of ketones is 1. The van der Waals surface area contributed by atoms with Crippen LogP contribution >= 0.6 is 11.6 Å². The molecule has 0 spiro atoms. The van der Waals surface area contributed by atoms with Crippen LogP contribution in [0.25, 0.3) is 5.69 Å². The molecule has 1 aliphatic heterocycles. The lowest BCUT2D eigenvalue weighted by Crippen LogP contribution is -2.30. The number of halogens is 2. The van der Waals surface area contributed by atoms with Crippen LogP contribution in [0.3, 0.4) is 0 Å². The quantitative estimate of drug-likeness (QED) is 0.246. The van der Waals surface area contributed by atoms with Crippen LogP contribution < -0.4 is 0 Å². The van der Waals surface area contributed by atoms with Gasteiger partial charge in [-0.2, -0.15) is 0 Å². The molecule has 0 bridgehead atoms. The van der Waals surface area contributed by atoms with Crippen LogP contribution in [0.5, 0.6) is 0 Å². The van der Waals surface area contributed by atoms with Crippen LogP contribution in [0.15, 0.2) is 66.7 Å². The van der Waals surface area contributed by atoms with Crippen molar-refractivity contribution in [2.24, 2.45) is 0 Å². The molecule has 2 heterocycles. The maximum atomic E-state index is 14.5. The van der Waals surface area contributed by atoms with Crippen LogP contribution in [0.4, 0.5) is 4.39 Å². The first kappa shape index (κ1) is 25.5. The van der Waals surface area contributed by atoms with Crippen LogP contribution in [-0.2, 0) is 13.1 Å². The Labute approximate surface area is 224 Å². The SMILES string of the molecule is Cc1nc(CN(C)C)n(-c2ccc(F)cc2C(=O)c2ccccc2Cl)c1CN1C(=O)c2ccccc2C1=O. The molecule has 0 N–H and O–H groups in total. The number of aryl methyl sites for hydroxylation is 1. The molecule has 38 heavy (non-hydrogen) atoms. The van der Waals surface area contributed by atoms with E-state index in [2.05, 4.69) is 0 Å². The Morgan fingerprint density at radius 1 is 0.947 bits per heavy atom. The first-order valence-electron chi connectivity index (χ1n) is 11.9. The lowest BCUT2D eigenvalue weighted by atomic mass is 10.0. The molecule has 0 radical (unpaired) electrons. The summed E-state index contributed by atoms with van der Waals surface area (Å²) in [7, 11) is 3.75. The van der Waals surface area contributed by atoms with Crippen molar-refractivity contribution in [2.45, 2.75) is 20.0 Å². The number of carbonyl (C=O) groups excluding carboxylic acids is 3. The Morgan fingerprint density at radius 2 is 1.58 bits per heavy atom. The van der Waals surface area contributed by atoms with Crippen LogP contribution in [-0.4, -0.2) is 51.0 Å². The molecule has 0 saturated carbocycles. The number of amides is 2. The van der Waals surface area contributed by atoms with Gasteiger partial charge < -0.3 is 4.90 Å². The first-order chi connectivity index (χ1) is 18.2. The number of rotatable bonds is 7. The number of aromatic nitrogens is 2. The third-order valence-corrected chi connectivity index (χ3v) is 6.78. The zero-order valence-corrected chi connectivity index (χ0v) is 21.8. The van der Waals surface area contributed by atoms with Gasteiger partial charge in [0, 0.05) is 11.1 Å². The fourth-order valence-electron chi connectivity index (χ4n) is 4.69. The molecule has 9 heteroatoms. The summed E-state index contributed by atoms with van der Waals surface area (Å²) in [5, 5.41) is 0.245. The van der Waals surface area contributed by atoms with Gasteiger partial charge in [0.1, 0.15) is 11.6 Å². The van der Waals surface area contributed by atoms with Crippen LogP contribution in [0, 0.1) is 12.7 Å². The first-order valence-corrected chi connectivity index (χ1v) is 12.3. The predicted molar refractivity (Wildman–Crippen MR) is 141 cm³/mol. The van der Waals surface area contributed by atoms with E-state index in [9.17, 15) is 18.8 Å². The van der Waals surface area contributed by atoms with Crippen molar-refractivity contribution < 1.29 is 18.8 Å². The predicted octanol–water partition coefficient (Wildman–Crippen LogP) is 5.06. The van der Waals surface area contributed by atoms with Gasteiger partial charge in [0.05, 0.1) is 46.3 Å². The van der Waals surface area contributed by atoms with E-state index < -0.39 is 23.4 Å². The van der Waals surface area contributed by atoms with Gasteiger partial charge in [-0.05, 0) is 63.5 Å². The molecule has 192 valence electrons. The second kappa shape index (κ2) is 9.96. The summed E-state index contributed by atoms with van der Waals surface area (Å²) in [4.78, 5) is 47.7. The van der Waals surface area contributed by atoms with Gasteiger partial charge in [0.2, 0.25) is 0 Å². The smallest absolute Gasteiger partial charge is 0.261 e. The van der Waals surface area contributed by atoms with Gasteiger partial charge in [-0.1, -0.05) is 35.9 Å². The van der Waals surface area contributed by atoms with Crippen molar-refractivity contribution in [3.05, 3.63) is 117 Å². The number of fused-ring (bicyclic) bond motifs is 1. The van der Waals surface area contributed by atoms with Crippen molar-refractivity contribution in [3.63, 3.8) is 0 Å². The van der Waals surface area contributed by atoms with E-state index in [0.29, 0.717) is 40.6 Å². The lowest BCUT2D eigenvalue weighted by molar-refractivity contribution is 0.0639. The number of imidazole rings is 1. The Morgan fingerprint density at radius 3 is 2.21 bits per heavy atom. The van der Waals surface area contributed by atoms with E-state index in [0.717, 1.165) is 0 Å². The average molecular weight is 531 g/mol. The molecule has 2 amide bonds. The number of imide groups is 1. The molecular weight excluding hydrogens is 507 g/mol. The maximum Gasteiger partial charge on any atom is 0.261 e. The summed E-state index contributed by atoms with van der Waals surface area (Å²) in [6.07, 6.45) is 0. The van der Waals surface area contributed by atoms with E-state index >= 15 is 0 Å². The van der Waals surface area contributed by atoms with Gasteiger partial charge in [-0.15, -0.1) is 0 Å². The normalized spacial score (nSPS) is 12.9. The molecule has 0 aliphatic carbocycles. The fourth-order valence-corrected chi connectivity index (χ4v) is 4.91. The summed E-state index contributed by atoms with van der Waals surface area (Å²) in [5.41, 5.74) is 2.49. The van der Waals surface area contributed by atoms with E-state index in [1.165, 1.54) is 23.1 Å². The van der Waals surface area contributed by atoms with Gasteiger partial charge >= 0.3 is 0 Å². The highest BCUT2D eigenvalue weighted by Crippen LogP contribution is 2.30. The fraction of sp³-hybridized carbons (Fsp3) is 0.172. The van der Waals surface area contributed by atoms with Crippen molar-refractivity contribution in [2.75, 3.05) is 14.1 Å². The van der Waals surface area contributed by atoms with E-state index in [-0.39, 0.29) is 22.7 Å². The molecule has 5 rings (SSSR count). The average Bonchev–Trinajstić information content (AvgIpc) is 3.31. The minimum absolute atomic E-state index is 0.0737. The molecule has 0 unspecified atom stereocenters. The highest BCUT2D eigenvalue weighted by atomic mass is 35.5. The lowest BCUT2D eigenvalue weighted by Gasteiger charge is -2.20. The minimum Gasteiger partial charge on any atom is -0.302 e. The molecular formula is C29H24ClFN4O3. The summed E-state index contributed by atoms with van der Waals surface area (Å²) < 4.78 is 16.3. The van der Waals surface area contributed by atoms with Crippen molar-refractivity contribution in [1.29, 1.82) is 0 Å². The summed E-state index contributed by atoms with van der Waals surface area (Å²) in [6.45, 7) is 2.10. The van der Waals surface area contributed by atoms with Crippen LogP contribution in [0.1, 0.15) is 53.8 Å². The number of carbonyl (C=O) groups is 3. The second-order valence-corrected chi connectivity index (χ2v) is 9.75. The summed E-state index contributed by atoms with van der Waals surface area (Å²) in [5.74, 6) is -1.29. The Balaban J connectivity index is 1.67. The van der Waals surface area contributed by atoms with Gasteiger partial charge in [0.25, 0.3) is 11.8 Å². The summed E-state index contributed by atoms with van der Waals surface area (Å²) in [6, 6.07) is 17.2. The highest BCUT2D eigenvalue weighted by Gasteiger charge is 2.36. The topological polar surface area (TPSA) is 75.5 Å². The van der Waals surface area contributed by atoms with Crippen molar-refractivity contribution >= 4 is 29.2 Å². The van der Waals surface area contributed by atoms with Gasteiger partial charge in [0.15, 0.2) is 5.78 Å². The number of hydrogen-bond acceptors (Lipinski definition) is 5. The molecule has 3 aromatic carbocycles. The molecule has 0 atom stereocenters. The number of benzene rings is 3. The molecule has 1 aromatic heterocycles. The molecule has 1 aliphatic rings. The second-order valence-electron chi connectivity index (χ2n) is 9.35. The summed E-state index contributed by atoms with van der Waals surface area (Å²) >= 11 is 6.31. The molecule has 7 nitrogen and oxygen atoms in total.